The van der Waals surface area contributed by atoms with E-state index in [4.69, 9.17) is 0 Å². The van der Waals surface area contributed by atoms with Crippen molar-refractivity contribution in [3.05, 3.63) is 5.82 Å². The van der Waals surface area contributed by atoms with Crippen LogP contribution >= 0.6 is 0 Å². The van der Waals surface area contributed by atoms with Crippen molar-refractivity contribution in [2.24, 2.45) is 11.8 Å². The van der Waals surface area contributed by atoms with Gasteiger partial charge in [-0.1, -0.05) is 13.8 Å². The molecule has 1 saturated carbocycles. The van der Waals surface area contributed by atoms with Crippen molar-refractivity contribution in [1.82, 2.24) is 30.0 Å². The third-order valence-electron chi connectivity index (χ3n) is 5.28. The second-order valence-electron chi connectivity index (χ2n) is 7.65. The predicted octanol–water partition coefficient (Wildman–Crippen LogP) is 1.34. The Labute approximate surface area is 144 Å². The molecule has 1 aromatic heterocycles. The van der Waals surface area contributed by atoms with Gasteiger partial charge in [0, 0.05) is 38.6 Å². The summed E-state index contributed by atoms with van der Waals surface area (Å²) in [5, 5.41) is 11.6. The third-order valence-corrected chi connectivity index (χ3v) is 5.28. The molecule has 1 aliphatic carbocycles. The van der Waals surface area contributed by atoms with E-state index in [9.17, 15) is 4.79 Å². The fourth-order valence-electron chi connectivity index (χ4n) is 3.53. The topological polar surface area (TPSA) is 67.2 Å². The molecule has 0 unspecified atom stereocenters. The van der Waals surface area contributed by atoms with Crippen LogP contribution < -0.4 is 0 Å². The maximum atomic E-state index is 12.6. The van der Waals surface area contributed by atoms with Crippen LogP contribution in [0.3, 0.4) is 0 Å². The van der Waals surface area contributed by atoms with Gasteiger partial charge in [0.2, 0.25) is 5.91 Å². The lowest BCUT2D eigenvalue weighted by atomic mass is 10.0. The van der Waals surface area contributed by atoms with Crippen LogP contribution in [0.15, 0.2) is 0 Å². The number of nitrogens with zero attached hydrogens (tertiary/aromatic N) is 6. The van der Waals surface area contributed by atoms with E-state index in [1.54, 1.807) is 0 Å². The van der Waals surface area contributed by atoms with Crippen LogP contribution in [-0.4, -0.2) is 68.1 Å². The molecule has 134 valence electrons. The SMILES string of the molecule is Cc1nnnn1CCCN1CCC(=O)N(CC2CC2)[C@@H](C(C)C)C1. The van der Waals surface area contributed by atoms with E-state index in [1.807, 2.05) is 11.6 Å². The molecule has 1 amide bonds. The first-order chi connectivity index (χ1) is 11.5. The molecule has 1 aromatic rings. The lowest BCUT2D eigenvalue weighted by Gasteiger charge is -2.35. The van der Waals surface area contributed by atoms with Crippen LogP contribution in [0.2, 0.25) is 0 Å². The minimum absolute atomic E-state index is 0.343. The summed E-state index contributed by atoms with van der Waals surface area (Å²) in [7, 11) is 0. The van der Waals surface area contributed by atoms with Crippen molar-refractivity contribution >= 4 is 5.91 Å². The van der Waals surface area contributed by atoms with E-state index < -0.39 is 0 Å². The molecule has 7 heteroatoms. The summed E-state index contributed by atoms with van der Waals surface area (Å²) in [6, 6.07) is 0.343. The molecule has 0 N–H and O–H groups in total. The van der Waals surface area contributed by atoms with Crippen molar-refractivity contribution in [1.29, 1.82) is 0 Å². The zero-order valence-corrected chi connectivity index (χ0v) is 15.2. The summed E-state index contributed by atoms with van der Waals surface area (Å²) in [5.74, 6) is 2.45. The van der Waals surface area contributed by atoms with Crippen molar-refractivity contribution in [2.45, 2.75) is 59.0 Å². The fraction of sp³-hybridized carbons (Fsp3) is 0.882. The lowest BCUT2D eigenvalue weighted by molar-refractivity contribution is -0.133. The normalized spacial score (nSPS) is 23.1. The maximum Gasteiger partial charge on any atom is 0.224 e. The Kier molecular flexibility index (Phi) is 5.48. The molecule has 2 aliphatic rings. The van der Waals surface area contributed by atoms with Gasteiger partial charge in [-0.2, -0.15) is 0 Å². The van der Waals surface area contributed by atoms with Crippen LogP contribution in [0.1, 0.15) is 45.4 Å². The Morgan fingerprint density at radius 3 is 2.67 bits per heavy atom. The van der Waals surface area contributed by atoms with Gasteiger partial charge in [0.1, 0.15) is 5.82 Å². The van der Waals surface area contributed by atoms with Gasteiger partial charge in [0.05, 0.1) is 0 Å². The minimum atomic E-state index is 0.343. The van der Waals surface area contributed by atoms with E-state index in [-0.39, 0.29) is 0 Å². The highest BCUT2D eigenvalue weighted by Crippen LogP contribution is 2.32. The number of carbonyl (C=O) groups excluding carboxylic acids is 1. The summed E-state index contributed by atoms with van der Waals surface area (Å²) in [6.45, 7) is 11.1. The average molecular weight is 334 g/mol. The highest BCUT2D eigenvalue weighted by atomic mass is 16.2. The Morgan fingerprint density at radius 2 is 2.04 bits per heavy atom. The number of tetrazole rings is 1. The van der Waals surface area contributed by atoms with Crippen LogP contribution in [0.5, 0.6) is 0 Å². The molecule has 3 rings (SSSR count). The average Bonchev–Trinajstić information content (AvgIpc) is 3.30. The first kappa shape index (κ1) is 17.3. The third kappa shape index (κ3) is 4.32. The molecular weight excluding hydrogens is 304 g/mol. The summed E-state index contributed by atoms with van der Waals surface area (Å²) in [5.41, 5.74) is 0. The second-order valence-corrected chi connectivity index (χ2v) is 7.65. The maximum absolute atomic E-state index is 12.6. The molecule has 7 nitrogen and oxygen atoms in total. The second kappa shape index (κ2) is 7.59. The fourth-order valence-corrected chi connectivity index (χ4v) is 3.53. The van der Waals surface area contributed by atoms with Crippen molar-refractivity contribution < 1.29 is 4.79 Å². The van der Waals surface area contributed by atoms with Crippen LogP contribution in [0.25, 0.3) is 0 Å². The zero-order chi connectivity index (χ0) is 17.1. The van der Waals surface area contributed by atoms with Gasteiger partial charge in [-0.3, -0.25) is 4.79 Å². The molecule has 0 spiro atoms. The number of hydrogen-bond donors (Lipinski definition) is 0. The van der Waals surface area contributed by atoms with E-state index in [2.05, 4.69) is 39.2 Å². The molecule has 24 heavy (non-hydrogen) atoms. The summed E-state index contributed by atoms with van der Waals surface area (Å²) < 4.78 is 1.85. The molecule has 0 radical (unpaired) electrons. The standard InChI is InChI=1S/C17H30N6O/c1-13(2)16-12-21(8-4-9-23-14(3)18-19-20-23)10-7-17(24)22(16)11-15-5-6-15/h13,15-16H,4-12H2,1-3H3/t16-/m1/s1. The number of aryl methyl sites for hydroxylation is 2. The molecule has 1 saturated heterocycles. The van der Waals surface area contributed by atoms with Gasteiger partial charge in [-0.15, -0.1) is 5.10 Å². The smallest absolute Gasteiger partial charge is 0.224 e. The van der Waals surface area contributed by atoms with Crippen molar-refractivity contribution in [2.75, 3.05) is 26.2 Å². The Balaban J connectivity index is 1.56. The van der Waals surface area contributed by atoms with Gasteiger partial charge in [0.25, 0.3) is 0 Å². The van der Waals surface area contributed by atoms with Gasteiger partial charge in [-0.05, 0) is 55.0 Å². The number of aromatic nitrogens is 4. The van der Waals surface area contributed by atoms with E-state index in [1.165, 1.54) is 12.8 Å². The quantitative estimate of drug-likeness (QED) is 0.753. The van der Waals surface area contributed by atoms with Gasteiger partial charge >= 0.3 is 0 Å². The molecule has 2 heterocycles. The van der Waals surface area contributed by atoms with Crippen LogP contribution in [0.4, 0.5) is 0 Å². The zero-order valence-electron chi connectivity index (χ0n) is 15.2. The Bertz CT molecular complexity index is 553. The minimum Gasteiger partial charge on any atom is -0.338 e. The molecular formula is C17H30N6O. The lowest BCUT2D eigenvalue weighted by Crippen LogP contribution is -2.47. The number of hydrogen-bond acceptors (Lipinski definition) is 5. The molecule has 1 atom stereocenters. The Hall–Kier alpha value is -1.50. The van der Waals surface area contributed by atoms with Crippen LogP contribution in [0, 0.1) is 18.8 Å². The van der Waals surface area contributed by atoms with Gasteiger partial charge in [0.15, 0.2) is 0 Å². The molecule has 2 fully saturated rings. The van der Waals surface area contributed by atoms with E-state index in [0.717, 1.165) is 50.9 Å². The summed E-state index contributed by atoms with van der Waals surface area (Å²) in [6.07, 6.45) is 4.25. The van der Waals surface area contributed by atoms with E-state index in [0.29, 0.717) is 24.3 Å². The molecule has 0 bridgehead atoms. The number of amides is 1. The van der Waals surface area contributed by atoms with Crippen molar-refractivity contribution in [3.8, 4) is 0 Å². The van der Waals surface area contributed by atoms with Crippen LogP contribution in [-0.2, 0) is 11.3 Å². The summed E-state index contributed by atoms with van der Waals surface area (Å²) in [4.78, 5) is 17.3. The first-order valence-electron chi connectivity index (χ1n) is 9.29. The van der Waals surface area contributed by atoms with Crippen molar-refractivity contribution in [3.63, 3.8) is 0 Å². The highest BCUT2D eigenvalue weighted by Gasteiger charge is 2.35. The van der Waals surface area contributed by atoms with Gasteiger partial charge < -0.3 is 9.80 Å². The first-order valence-corrected chi connectivity index (χ1v) is 9.29. The Morgan fingerprint density at radius 1 is 1.25 bits per heavy atom. The van der Waals surface area contributed by atoms with Gasteiger partial charge in [-0.25, -0.2) is 4.68 Å². The molecule has 1 aliphatic heterocycles. The monoisotopic (exact) mass is 334 g/mol. The number of carbonyl (C=O) groups is 1. The number of rotatable bonds is 7. The van der Waals surface area contributed by atoms with E-state index >= 15 is 0 Å². The highest BCUT2D eigenvalue weighted by molar-refractivity contribution is 5.77. The largest absolute Gasteiger partial charge is 0.338 e. The molecule has 0 aromatic carbocycles. The predicted molar refractivity (Wildman–Crippen MR) is 91.3 cm³/mol. The summed E-state index contributed by atoms with van der Waals surface area (Å²) >= 11 is 0.